The van der Waals surface area contributed by atoms with Crippen LogP contribution in [0.3, 0.4) is 0 Å². The second-order valence-electron chi connectivity index (χ2n) is 10.5. The van der Waals surface area contributed by atoms with E-state index in [1.807, 2.05) is 0 Å². The van der Waals surface area contributed by atoms with Crippen LogP contribution in [0.5, 0.6) is 0 Å². The van der Waals surface area contributed by atoms with Crippen molar-refractivity contribution in [2.75, 3.05) is 40.9 Å². The monoisotopic (exact) mass is 578 g/mol. The van der Waals surface area contributed by atoms with Crippen LogP contribution in [0.2, 0.25) is 0 Å². The fourth-order valence-electron chi connectivity index (χ4n) is 5.56. The van der Waals surface area contributed by atoms with Crippen LogP contribution < -0.4 is 14.7 Å². The summed E-state index contributed by atoms with van der Waals surface area (Å²) in [6.45, 7) is 4.80. The van der Waals surface area contributed by atoms with Crippen LogP contribution in [-0.2, 0) is 6.18 Å². The van der Waals surface area contributed by atoms with Gasteiger partial charge in [-0.1, -0.05) is 24.6 Å². The van der Waals surface area contributed by atoms with Gasteiger partial charge in [0, 0.05) is 18.5 Å². The number of amides is 4. The van der Waals surface area contributed by atoms with E-state index in [1.54, 1.807) is 49.4 Å². The maximum absolute atomic E-state index is 14.1. The molecule has 0 atom stereocenters. The Hall–Kier alpha value is -4.18. The van der Waals surface area contributed by atoms with E-state index in [4.69, 9.17) is 0 Å². The molecular weight excluding hydrogens is 545 g/mol. The highest BCUT2D eigenvalue weighted by Gasteiger charge is 2.41. The molecule has 0 aliphatic carbocycles. The number of ketones is 1. The Morgan fingerprint density at radius 2 is 1.45 bits per heavy atom. The first-order chi connectivity index (χ1) is 20.2. The van der Waals surface area contributed by atoms with Crippen LogP contribution in [-0.4, -0.2) is 48.9 Å². The van der Waals surface area contributed by atoms with Gasteiger partial charge in [-0.2, -0.15) is 13.2 Å². The number of benzene rings is 3. The number of anilines is 4. The number of nitrogens with zero attached hydrogens (tertiary/aromatic N) is 4. The molecule has 3 aromatic carbocycles. The Morgan fingerprint density at radius 1 is 0.786 bits per heavy atom. The van der Waals surface area contributed by atoms with Crippen molar-refractivity contribution >= 4 is 40.6 Å². The van der Waals surface area contributed by atoms with Crippen LogP contribution in [0.4, 0.5) is 45.5 Å². The third-order valence-corrected chi connectivity index (χ3v) is 7.74. The zero-order valence-electron chi connectivity index (χ0n) is 23.4. The maximum Gasteiger partial charge on any atom is 0.416 e. The highest BCUT2D eigenvalue weighted by molar-refractivity contribution is 6.28. The zero-order valence-corrected chi connectivity index (χ0v) is 23.4. The first-order valence-corrected chi connectivity index (χ1v) is 14.3. The van der Waals surface area contributed by atoms with Gasteiger partial charge in [-0.05, 0) is 100 Å². The molecule has 1 saturated heterocycles. The molecule has 220 valence electrons. The molecule has 0 aromatic heterocycles. The summed E-state index contributed by atoms with van der Waals surface area (Å²) < 4.78 is 41.2. The molecule has 3 aromatic rings. The molecule has 2 aliphatic rings. The summed E-state index contributed by atoms with van der Waals surface area (Å²) in [6.07, 6.45) is 0.121. The molecule has 42 heavy (non-hydrogen) atoms. The van der Waals surface area contributed by atoms with Crippen molar-refractivity contribution in [2.24, 2.45) is 0 Å². The largest absolute Gasteiger partial charge is 0.416 e. The second-order valence-corrected chi connectivity index (χ2v) is 10.5. The van der Waals surface area contributed by atoms with Gasteiger partial charge in [0.15, 0.2) is 5.78 Å². The van der Waals surface area contributed by atoms with E-state index in [1.165, 1.54) is 42.4 Å². The molecule has 0 radical (unpaired) electrons. The molecule has 2 heterocycles. The maximum atomic E-state index is 14.1. The van der Waals surface area contributed by atoms with E-state index in [0.29, 0.717) is 17.7 Å². The fourth-order valence-corrected chi connectivity index (χ4v) is 5.56. The summed E-state index contributed by atoms with van der Waals surface area (Å²) in [4.78, 5) is 46.5. The number of halogens is 3. The van der Waals surface area contributed by atoms with E-state index < -0.39 is 23.8 Å². The van der Waals surface area contributed by atoms with Crippen molar-refractivity contribution in [3.05, 3.63) is 83.9 Å². The van der Waals surface area contributed by atoms with E-state index in [9.17, 15) is 27.6 Å². The summed E-state index contributed by atoms with van der Waals surface area (Å²) in [6, 6.07) is 16.0. The minimum Gasteiger partial charge on any atom is -0.303 e. The van der Waals surface area contributed by atoms with Crippen molar-refractivity contribution in [3.8, 4) is 0 Å². The predicted octanol–water partition coefficient (Wildman–Crippen LogP) is 7.88. The quantitative estimate of drug-likeness (QED) is 0.255. The lowest BCUT2D eigenvalue weighted by Gasteiger charge is -2.27. The first-order valence-electron chi connectivity index (χ1n) is 14.3. The standard InChI is InChI=1S/C32H33F3N4O3/c1-2-37-27-18-15-24(32(33,34)35)22-28(27)38(25-10-5-3-6-11-25)31(42)39(30(37)41)26-16-13-23(14-17-26)29(40)12-9-21-36-19-7-4-8-20-36/h3,5-6,10-11,13-18,22H,2,4,7-9,12,19-21H2,1H3. The number of fused-ring (bicyclic) bond motifs is 1. The number of carbonyl (C=O) groups excluding carboxylic acids is 3. The van der Waals surface area contributed by atoms with Gasteiger partial charge in [0.2, 0.25) is 0 Å². The van der Waals surface area contributed by atoms with Gasteiger partial charge in [0.25, 0.3) is 0 Å². The van der Waals surface area contributed by atoms with Crippen LogP contribution in [0.15, 0.2) is 72.8 Å². The number of carbonyl (C=O) groups is 3. The van der Waals surface area contributed by atoms with Gasteiger partial charge in [0.1, 0.15) is 0 Å². The minimum absolute atomic E-state index is 0.0275. The van der Waals surface area contributed by atoms with Gasteiger partial charge >= 0.3 is 18.2 Å². The Bertz CT molecular complexity index is 1440. The highest BCUT2D eigenvalue weighted by atomic mass is 19.4. The van der Waals surface area contributed by atoms with Gasteiger partial charge in [-0.25, -0.2) is 14.5 Å². The van der Waals surface area contributed by atoms with Crippen molar-refractivity contribution in [1.29, 1.82) is 0 Å². The number of hydrogen-bond donors (Lipinski definition) is 0. The fraction of sp³-hybridized carbons (Fsp3) is 0.344. The molecule has 0 saturated carbocycles. The number of alkyl halides is 3. The molecule has 0 N–H and O–H groups in total. The Labute approximate surface area is 243 Å². The number of Topliss-reactive ketones (excluding diaryl/α,β-unsaturated/α-hetero) is 1. The Kier molecular flexibility index (Phi) is 8.63. The average Bonchev–Trinajstić information content (AvgIpc) is 3.08. The number of piperidine rings is 1. The molecule has 2 aliphatic heterocycles. The molecule has 0 unspecified atom stereocenters. The van der Waals surface area contributed by atoms with Crippen molar-refractivity contribution in [3.63, 3.8) is 0 Å². The number of hydrogen-bond acceptors (Lipinski definition) is 4. The van der Waals surface area contributed by atoms with Gasteiger partial charge in [-0.3, -0.25) is 14.6 Å². The lowest BCUT2D eigenvalue weighted by Crippen LogP contribution is -2.48. The van der Waals surface area contributed by atoms with Crippen molar-refractivity contribution in [1.82, 2.24) is 4.90 Å². The number of urea groups is 2. The molecule has 4 amide bonds. The molecule has 7 nitrogen and oxygen atoms in total. The summed E-state index contributed by atoms with van der Waals surface area (Å²) in [5.41, 5.74) is 0.167. The van der Waals surface area contributed by atoms with E-state index in [-0.39, 0.29) is 29.4 Å². The number of imide groups is 1. The summed E-state index contributed by atoms with van der Waals surface area (Å²) in [7, 11) is 0. The second kappa shape index (κ2) is 12.4. The summed E-state index contributed by atoms with van der Waals surface area (Å²) in [5.74, 6) is -0.0275. The van der Waals surface area contributed by atoms with Gasteiger partial charge < -0.3 is 4.90 Å². The molecule has 5 rings (SSSR count). The topological polar surface area (TPSA) is 64.2 Å². The number of rotatable bonds is 8. The smallest absolute Gasteiger partial charge is 0.303 e. The predicted molar refractivity (Wildman–Crippen MR) is 157 cm³/mol. The lowest BCUT2D eigenvalue weighted by molar-refractivity contribution is -0.137. The van der Waals surface area contributed by atoms with E-state index >= 15 is 0 Å². The normalized spacial score (nSPS) is 16.4. The third kappa shape index (κ3) is 6.04. The van der Waals surface area contributed by atoms with Crippen LogP contribution >= 0.6 is 0 Å². The van der Waals surface area contributed by atoms with Crippen LogP contribution in [0.1, 0.15) is 54.9 Å². The zero-order chi connectivity index (χ0) is 29.9. The van der Waals surface area contributed by atoms with Crippen LogP contribution in [0.25, 0.3) is 0 Å². The first kappa shape index (κ1) is 29.3. The van der Waals surface area contributed by atoms with E-state index in [0.717, 1.165) is 48.0 Å². The van der Waals surface area contributed by atoms with Gasteiger partial charge in [-0.15, -0.1) is 0 Å². The highest BCUT2D eigenvalue weighted by Crippen LogP contribution is 2.43. The average molecular weight is 579 g/mol. The lowest BCUT2D eigenvalue weighted by atomic mass is 10.0. The van der Waals surface area contributed by atoms with Crippen molar-refractivity contribution in [2.45, 2.75) is 45.2 Å². The van der Waals surface area contributed by atoms with E-state index in [2.05, 4.69) is 4.90 Å². The van der Waals surface area contributed by atoms with Crippen molar-refractivity contribution < 1.29 is 27.6 Å². The Balaban J connectivity index is 1.46. The van der Waals surface area contributed by atoms with Gasteiger partial charge in [0.05, 0.1) is 28.3 Å². The summed E-state index contributed by atoms with van der Waals surface area (Å²) in [5, 5.41) is 0. The number of para-hydroxylation sites is 1. The molecule has 0 bridgehead atoms. The number of likely N-dealkylation sites (tertiary alicyclic amines) is 1. The van der Waals surface area contributed by atoms with Crippen LogP contribution in [0, 0.1) is 0 Å². The minimum atomic E-state index is -4.65. The molecule has 0 spiro atoms. The summed E-state index contributed by atoms with van der Waals surface area (Å²) >= 11 is 0. The SMILES string of the molecule is CCN1C(=O)N(c2ccc(C(=O)CCCN3CCCCC3)cc2)C(=O)N(c2ccccc2)c2cc(C(F)(F)F)ccc21. The Morgan fingerprint density at radius 3 is 2.10 bits per heavy atom. The molecule has 10 heteroatoms. The molecule has 1 fully saturated rings. The third-order valence-electron chi connectivity index (χ3n) is 7.74. The molecular formula is C32H33F3N4O3.